The third kappa shape index (κ3) is 5.29. The molecule has 2 amide bonds. The van der Waals surface area contributed by atoms with E-state index in [1.165, 1.54) is 0 Å². The minimum absolute atomic E-state index is 0. The fraction of sp³-hybridized carbons (Fsp3) is 0.467. The van der Waals surface area contributed by atoms with Gasteiger partial charge >= 0.3 is 0 Å². The number of rotatable bonds is 5. The van der Waals surface area contributed by atoms with Crippen molar-refractivity contribution in [3.63, 3.8) is 0 Å². The first-order valence-corrected chi connectivity index (χ1v) is 7.12. The second-order valence-electron chi connectivity index (χ2n) is 4.92. The van der Waals surface area contributed by atoms with Crippen molar-refractivity contribution in [2.24, 2.45) is 5.73 Å². The summed E-state index contributed by atoms with van der Waals surface area (Å²) < 4.78 is 5.19. The van der Waals surface area contributed by atoms with Crippen LogP contribution in [-0.2, 0) is 14.3 Å². The number of hydrogen-bond donors (Lipinski definition) is 2. The van der Waals surface area contributed by atoms with Gasteiger partial charge in [-0.05, 0) is 5.56 Å². The Bertz CT molecular complexity index is 478. The van der Waals surface area contributed by atoms with Crippen LogP contribution in [0.25, 0.3) is 0 Å². The summed E-state index contributed by atoms with van der Waals surface area (Å²) in [5.74, 6) is -0.233. The summed E-state index contributed by atoms with van der Waals surface area (Å²) in [6, 6.07) is 8.46. The second kappa shape index (κ2) is 9.40. The third-order valence-electron chi connectivity index (χ3n) is 3.44. The number of halogens is 1. The van der Waals surface area contributed by atoms with Gasteiger partial charge in [0, 0.05) is 26.1 Å². The van der Waals surface area contributed by atoms with Gasteiger partial charge in [0.15, 0.2) is 0 Å². The predicted octanol–water partition coefficient (Wildman–Crippen LogP) is 0.473. The van der Waals surface area contributed by atoms with E-state index in [1.54, 1.807) is 4.90 Å². The zero-order valence-electron chi connectivity index (χ0n) is 12.4. The summed E-state index contributed by atoms with van der Waals surface area (Å²) in [5.41, 5.74) is 6.63. The quantitative estimate of drug-likeness (QED) is 0.823. The van der Waals surface area contributed by atoms with Crippen molar-refractivity contribution >= 4 is 24.2 Å². The van der Waals surface area contributed by atoms with Crippen LogP contribution in [0.2, 0.25) is 0 Å². The van der Waals surface area contributed by atoms with Crippen molar-refractivity contribution < 1.29 is 14.3 Å². The molecule has 1 heterocycles. The van der Waals surface area contributed by atoms with E-state index in [0.717, 1.165) is 5.56 Å². The van der Waals surface area contributed by atoms with E-state index in [-0.39, 0.29) is 30.6 Å². The van der Waals surface area contributed by atoms with E-state index in [9.17, 15) is 9.59 Å². The molecule has 0 aliphatic carbocycles. The summed E-state index contributed by atoms with van der Waals surface area (Å²) in [6.45, 7) is 2.70. The Kier molecular flexibility index (Phi) is 7.87. The Labute approximate surface area is 136 Å². The lowest BCUT2D eigenvalue weighted by atomic mass is 10.1. The summed E-state index contributed by atoms with van der Waals surface area (Å²) >= 11 is 0. The molecule has 1 aromatic rings. The summed E-state index contributed by atoms with van der Waals surface area (Å²) in [7, 11) is 0. The lowest BCUT2D eigenvalue weighted by molar-refractivity contribution is -0.135. The molecule has 0 spiro atoms. The molecule has 122 valence electrons. The van der Waals surface area contributed by atoms with Crippen LogP contribution in [0.4, 0.5) is 0 Å². The van der Waals surface area contributed by atoms with Crippen molar-refractivity contribution in [3.05, 3.63) is 35.9 Å². The molecule has 1 aliphatic rings. The summed E-state index contributed by atoms with van der Waals surface area (Å²) in [4.78, 5) is 25.6. The highest BCUT2D eigenvalue weighted by atomic mass is 35.5. The van der Waals surface area contributed by atoms with Gasteiger partial charge < -0.3 is 20.7 Å². The van der Waals surface area contributed by atoms with Gasteiger partial charge in [-0.1, -0.05) is 30.3 Å². The van der Waals surface area contributed by atoms with Crippen LogP contribution in [0.3, 0.4) is 0 Å². The average Bonchev–Trinajstić information content (AvgIpc) is 2.55. The SMILES string of the molecule is Cl.NC(C(=O)NCCC(=O)N1CCOCC1)c1ccccc1. The first kappa shape index (κ1) is 18.4. The third-order valence-corrected chi connectivity index (χ3v) is 3.44. The fourth-order valence-electron chi connectivity index (χ4n) is 2.19. The summed E-state index contributed by atoms with van der Waals surface area (Å²) in [5, 5.41) is 2.71. The molecule has 7 heteroatoms. The highest BCUT2D eigenvalue weighted by molar-refractivity contribution is 5.85. The molecule has 0 radical (unpaired) electrons. The van der Waals surface area contributed by atoms with Gasteiger partial charge in [-0.2, -0.15) is 0 Å². The Morgan fingerprint density at radius 3 is 2.50 bits per heavy atom. The number of morpholine rings is 1. The molecule has 6 nitrogen and oxygen atoms in total. The van der Waals surface area contributed by atoms with Gasteiger partial charge in [-0.25, -0.2) is 0 Å². The average molecular weight is 328 g/mol. The number of carbonyl (C=O) groups is 2. The number of hydrogen-bond acceptors (Lipinski definition) is 4. The van der Waals surface area contributed by atoms with Gasteiger partial charge in [0.1, 0.15) is 6.04 Å². The number of nitrogens with one attached hydrogen (secondary N) is 1. The fourth-order valence-corrected chi connectivity index (χ4v) is 2.19. The molecule has 2 rings (SSSR count). The number of amides is 2. The number of carbonyl (C=O) groups excluding carboxylic acids is 2. The zero-order valence-corrected chi connectivity index (χ0v) is 13.2. The number of benzene rings is 1. The van der Waals surface area contributed by atoms with Crippen molar-refractivity contribution in [3.8, 4) is 0 Å². The van der Waals surface area contributed by atoms with Crippen LogP contribution >= 0.6 is 12.4 Å². The van der Waals surface area contributed by atoms with Gasteiger partial charge in [-0.15, -0.1) is 12.4 Å². The molecule has 1 saturated heterocycles. The Morgan fingerprint density at radius 1 is 1.23 bits per heavy atom. The minimum Gasteiger partial charge on any atom is -0.378 e. The highest BCUT2D eigenvalue weighted by Gasteiger charge is 2.18. The molecule has 1 atom stereocenters. The molecule has 0 bridgehead atoms. The molecule has 1 aliphatic heterocycles. The van der Waals surface area contributed by atoms with Crippen molar-refractivity contribution in [1.82, 2.24) is 10.2 Å². The van der Waals surface area contributed by atoms with Crippen molar-refractivity contribution in [1.29, 1.82) is 0 Å². The number of ether oxygens (including phenoxy) is 1. The Hall–Kier alpha value is -1.63. The van der Waals surface area contributed by atoms with E-state index in [2.05, 4.69) is 5.32 Å². The first-order chi connectivity index (χ1) is 10.2. The number of nitrogens with zero attached hydrogens (tertiary/aromatic N) is 1. The predicted molar refractivity (Wildman–Crippen MR) is 85.6 cm³/mol. The van der Waals surface area contributed by atoms with Gasteiger partial charge in [-0.3, -0.25) is 9.59 Å². The van der Waals surface area contributed by atoms with E-state index in [4.69, 9.17) is 10.5 Å². The number of nitrogens with two attached hydrogens (primary N) is 1. The van der Waals surface area contributed by atoms with Gasteiger partial charge in [0.2, 0.25) is 11.8 Å². The van der Waals surface area contributed by atoms with Crippen molar-refractivity contribution in [2.45, 2.75) is 12.5 Å². The highest BCUT2D eigenvalue weighted by Crippen LogP contribution is 2.09. The Balaban J connectivity index is 0.00000242. The zero-order chi connectivity index (χ0) is 15.1. The van der Waals surface area contributed by atoms with Crippen LogP contribution in [-0.4, -0.2) is 49.6 Å². The van der Waals surface area contributed by atoms with Gasteiger partial charge in [0.25, 0.3) is 0 Å². The van der Waals surface area contributed by atoms with E-state index < -0.39 is 6.04 Å². The maximum absolute atomic E-state index is 11.9. The molecular weight excluding hydrogens is 306 g/mol. The van der Waals surface area contributed by atoms with E-state index in [1.807, 2.05) is 30.3 Å². The van der Waals surface area contributed by atoms with Crippen LogP contribution < -0.4 is 11.1 Å². The molecule has 0 aromatic heterocycles. The minimum atomic E-state index is -0.704. The monoisotopic (exact) mass is 327 g/mol. The second-order valence-corrected chi connectivity index (χ2v) is 4.92. The molecule has 1 aromatic carbocycles. The molecular formula is C15H22ClN3O3. The van der Waals surface area contributed by atoms with Crippen LogP contribution in [0.15, 0.2) is 30.3 Å². The molecule has 0 saturated carbocycles. The Morgan fingerprint density at radius 2 is 1.86 bits per heavy atom. The standard InChI is InChI=1S/C15H21N3O3.ClH/c16-14(12-4-2-1-3-5-12)15(20)17-7-6-13(19)18-8-10-21-11-9-18;/h1-5,14H,6-11,16H2,(H,17,20);1H. The van der Waals surface area contributed by atoms with Crippen LogP contribution in [0.1, 0.15) is 18.0 Å². The lowest BCUT2D eigenvalue weighted by Crippen LogP contribution is -2.42. The van der Waals surface area contributed by atoms with Gasteiger partial charge in [0.05, 0.1) is 13.2 Å². The van der Waals surface area contributed by atoms with Crippen LogP contribution in [0, 0.1) is 0 Å². The maximum atomic E-state index is 11.9. The lowest BCUT2D eigenvalue weighted by Gasteiger charge is -2.26. The first-order valence-electron chi connectivity index (χ1n) is 7.12. The smallest absolute Gasteiger partial charge is 0.241 e. The molecule has 3 N–H and O–H groups in total. The van der Waals surface area contributed by atoms with Crippen LogP contribution in [0.5, 0.6) is 0 Å². The maximum Gasteiger partial charge on any atom is 0.241 e. The molecule has 22 heavy (non-hydrogen) atoms. The van der Waals surface area contributed by atoms with Crippen molar-refractivity contribution in [2.75, 3.05) is 32.8 Å². The largest absolute Gasteiger partial charge is 0.378 e. The normalized spacial score (nSPS) is 15.6. The molecule has 1 fully saturated rings. The molecule has 1 unspecified atom stereocenters. The topological polar surface area (TPSA) is 84.7 Å². The summed E-state index contributed by atoms with van der Waals surface area (Å²) in [6.07, 6.45) is 0.285. The van der Waals surface area contributed by atoms with E-state index in [0.29, 0.717) is 32.8 Å². The van der Waals surface area contributed by atoms with E-state index >= 15 is 0 Å².